The summed E-state index contributed by atoms with van der Waals surface area (Å²) < 4.78 is 0. The first kappa shape index (κ1) is 41.0. The molecule has 0 unspecified atom stereocenters. The molecule has 0 radical (unpaired) electrons. The quantitative estimate of drug-likeness (QED) is 0.297. The Labute approximate surface area is 245 Å². The van der Waals surface area contributed by atoms with Gasteiger partial charge >= 0.3 is 0 Å². The number of anilines is 1. The van der Waals surface area contributed by atoms with E-state index < -0.39 is 0 Å². The Bertz CT molecular complexity index is 884. The van der Waals surface area contributed by atoms with E-state index in [2.05, 4.69) is 148 Å². The van der Waals surface area contributed by atoms with Crippen LogP contribution in [0.2, 0.25) is 0 Å². The van der Waals surface area contributed by atoms with Gasteiger partial charge in [-0.15, -0.1) is 12.3 Å². The Morgan fingerprint density at radius 2 is 1.44 bits per heavy atom. The van der Waals surface area contributed by atoms with Crippen LogP contribution in [0.5, 0.6) is 0 Å². The lowest BCUT2D eigenvalue weighted by molar-refractivity contribution is 0.479. The van der Waals surface area contributed by atoms with E-state index in [9.17, 15) is 0 Å². The number of nitrogens with zero attached hydrogens (tertiary/aromatic N) is 1. The maximum atomic E-state index is 4.60. The predicted octanol–water partition coefficient (Wildman–Crippen LogP) is 11.1. The van der Waals surface area contributed by atoms with Gasteiger partial charge in [-0.05, 0) is 86.9 Å². The summed E-state index contributed by atoms with van der Waals surface area (Å²) in [5.41, 5.74) is 6.94. The van der Waals surface area contributed by atoms with Crippen molar-refractivity contribution in [3.05, 3.63) is 77.7 Å². The van der Waals surface area contributed by atoms with Crippen LogP contribution in [0.1, 0.15) is 115 Å². The third kappa shape index (κ3) is 18.4. The van der Waals surface area contributed by atoms with E-state index >= 15 is 0 Å². The van der Waals surface area contributed by atoms with Crippen LogP contribution < -0.4 is 10.2 Å². The highest BCUT2D eigenvalue weighted by Gasteiger charge is 2.23. The minimum absolute atomic E-state index is 0.166. The number of allylic oxidation sites excluding steroid dienone is 6. The molecule has 1 aromatic rings. The van der Waals surface area contributed by atoms with Crippen molar-refractivity contribution >= 4 is 5.69 Å². The Hall–Kier alpha value is -2.50. The van der Waals surface area contributed by atoms with E-state index in [0.717, 1.165) is 31.0 Å². The zero-order valence-electron chi connectivity index (χ0n) is 28.5. The summed E-state index contributed by atoms with van der Waals surface area (Å²) in [6.45, 7) is 35.0. The zero-order chi connectivity index (χ0) is 31.2. The molecule has 222 valence electrons. The molecular weight excluding hydrogens is 472 g/mol. The van der Waals surface area contributed by atoms with Crippen molar-refractivity contribution < 1.29 is 0 Å². The van der Waals surface area contributed by atoms with Gasteiger partial charge in [0, 0.05) is 17.1 Å². The normalized spacial score (nSPS) is 12.7. The molecular formula is C37H64N2. The largest absolute Gasteiger partial charge is 0.320 e. The van der Waals surface area contributed by atoms with Crippen LogP contribution in [0.25, 0.3) is 0 Å². The van der Waals surface area contributed by atoms with Gasteiger partial charge in [0.15, 0.2) is 0 Å². The van der Waals surface area contributed by atoms with Crippen LogP contribution in [0, 0.1) is 23.7 Å². The molecule has 1 aliphatic rings. The van der Waals surface area contributed by atoms with Crippen molar-refractivity contribution in [1.82, 2.24) is 5.32 Å². The average Bonchev–Trinajstić information content (AvgIpc) is 2.88. The van der Waals surface area contributed by atoms with Crippen LogP contribution in [-0.2, 0) is 5.41 Å². The van der Waals surface area contributed by atoms with Gasteiger partial charge in [-0.1, -0.05) is 120 Å². The summed E-state index contributed by atoms with van der Waals surface area (Å²) in [6.07, 6.45) is 15.4. The van der Waals surface area contributed by atoms with Crippen molar-refractivity contribution in [3.63, 3.8) is 0 Å². The summed E-state index contributed by atoms with van der Waals surface area (Å²) in [6, 6.07) is 8.96. The second-order valence-electron chi connectivity index (χ2n) is 11.9. The molecule has 39 heavy (non-hydrogen) atoms. The van der Waals surface area contributed by atoms with Crippen molar-refractivity contribution in [2.45, 2.75) is 115 Å². The predicted molar refractivity (Wildman–Crippen MR) is 182 cm³/mol. The summed E-state index contributed by atoms with van der Waals surface area (Å²) in [5, 5.41) is 2.93. The Kier molecular flexibility index (Phi) is 23.5. The summed E-state index contributed by atoms with van der Waals surface area (Å²) in [4.78, 5) is 2.34. The molecule has 1 aliphatic carbocycles. The zero-order valence-corrected chi connectivity index (χ0v) is 28.5. The van der Waals surface area contributed by atoms with E-state index in [1.165, 1.54) is 22.5 Å². The van der Waals surface area contributed by atoms with E-state index in [4.69, 9.17) is 0 Å². The SMILES string of the molecule is C#CC.C=C/C(=C\C)N(C1=CC=C(C(C)(C)C)CC1)c1ccc(C(C)(C)C)cc1.CC.CC(C)C.CCNC. The van der Waals surface area contributed by atoms with E-state index in [1.54, 1.807) is 6.92 Å². The van der Waals surface area contributed by atoms with Gasteiger partial charge in [-0.2, -0.15) is 0 Å². The van der Waals surface area contributed by atoms with Crippen molar-refractivity contribution in [2.75, 3.05) is 18.5 Å². The highest BCUT2D eigenvalue weighted by molar-refractivity contribution is 5.62. The van der Waals surface area contributed by atoms with Crippen LogP contribution in [0.4, 0.5) is 5.69 Å². The standard InChI is InChI=1S/C25H35N.C4H10.C3H9N.C3H4.C2H6/c1-9-21(10-2)26(22-15-11-19(12-16-22)24(3,4)5)23-17-13-20(14-18-23)25(6,7)8;1-4(2)3;1-3-4-2;1-3-2;1-2/h9-13,15-17H,1,14,18H2,2-8H3;4H,1-3H3;4H,3H2,1-2H3;1H,2H3;1-2H3/b21-10+;;;;. The van der Waals surface area contributed by atoms with Crippen LogP contribution in [-0.4, -0.2) is 13.6 Å². The van der Waals surface area contributed by atoms with Crippen LogP contribution in [0.15, 0.2) is 72.1 Å². The minimum atomic E-state index is 0.166. The number of hydrogen-bond donors (Lipinski definition) is 1. The summed E-state index contributed by atoms with van der Waals surface area (Å²) >= 11 is 0. The first-order valence-corrected chi connectivity index (χ1v) is 14.8. The number of terminal acetylenes is 1. The molecule has 0 heterocycles. The highest BCUT2D eigenvalue weighted by Crippen LogP contribution is 2.37. The molecule has 0 aliphatic heterocycles. The summed E-state index contributed by atoms with van der Waals surface area (Å²) in [5.74, 6) is 3.08. The monoisotopic (exact) mass is 537 g/mol. The van der Waals surface area contributed by atoms with Gasteiger partial charge in [-0.25, -0.2) is 0 Å². The van der Waals surface area contributed by atoms with Crippen molar-refractivity contribution in [2.24, 2.45) is 11.3 Å². The maximum Gasteiger partial charge on any atom is 0.0458 e. The molecule has 1 aromatic carbocycles. The number of hydrogen-bond acceptors (Lipinski definition) is 2. The van der Waals surface area contributed by atoms with Gasteiger partial charge in [-0.3, -0.25) is 0 Å². The second-order valence-corrected chi connectivity index (χ2v) is 11.9. The Balaban J connectivity index is -0.000000839. The molecule has 2 rings (SSSR count). The molecule has 0 aromatic heterocycles. The molecule has 0 saturated heterocycles. The highest BCUT2D eigenvalue weighted by atomic mass is 15.2. The molecule has 0 fully saturated rings. The molecule has 0 amide bonds. The second kappa shape index (κ2) is 22.3. The van der Waals surface area contributed by atoms with Gasteiger partial charge in [0.05, 0.1) is 0 Å². The third-order valence-electron chi connectivity index (χ3n) is 5.49. The lowest BCUT2D eigenvalue weighted by Crippen LogP contribution is -2.23. The Morgan fingerprint density at radius 1 is 1.00 bits per heavy atom. The van der Waals surface area contributed by atoms with Crippen LogP contribution in [0.3, 0.4) is 0 Å². The van der Waals surface area contributed by atoms with Gasteiger partial charge in [0.25, 0.3) is 0 Å². The maximum absolute atomic E-state index is 4.60. The molecule has 0 atom stereocenters. The van der Waals surface area contributed by atoms with E-state index in [0.29, 0.717) is 0 Å². The van der Waals surface area contributed by atoms with Gasteiger partial charge in [0.2, 0.25) is 0 Å². The minimum Gasteiger partial charge on any atom is -0.320 e. The number of benzene rings is 1. The van der Waals surface area contributed by atoms with Crippen molar-refractivity contribution in [3.8, 4) is 12.3 Å². The smallest absolute Gasteiger partial charge is 0.0458 e. The lowest BCUT2D eigenvalue weighted by Gasteiger charge is -2.33. The first-order valence-electron chi connectivity index (χ1n) is 14.8. The fourth-order valence-corrected chi connectivity index (χ4v) is 3.37. The average molecular weight is 537 g/mol. The van der Waals surface area contributed by atoms with E-state index in [1.807, 2.05) is 27.0 Å². The Morgan fingerprint density at radius 3 is 1.69 bits per heavy atom. The molecule has 2 heteroatoms. The van der Waals surface area contributed by atoms with Gasteiger partial charge < -0.3 is 10.2 Å². The van der Waals surface area contributed by atoms with Gasteiger partial charge in [0.1, 0.15) is 0 Å². The van der Waals surface area contributed by atoms with Crippen LogP contribution >= 0.6 is 0 Å². The van der Waals surface area contributed by atoms with Crippen molar-refractivity contribution in [1.29, 1.82) is 0 Å². The summed E-state index contributed by atoms with van der Waals surface area (Å²) in [7, 11) is 1.93. The fraction of sp³-hybridized carbons (Fsp3) is 0.568. The topological polar surface area (TPSA) is 15.3 Å². The molecule has 0 bridgehead atoms. The number of rotatable bonds is 5. The third-order valence-corrected chi connectivity index (χ3v) is 5.49. The molecule has 2 nitrogen and oxygen atoms in total. The number of nitrogens with one attached hydrogen (secondary N) is 1. The molecule has 1 N–H and O–H groups in total. The first-order chi connectivity index (χ1) is 18.1. The fourth-order valence-electron chi connectivity index (χ4n) is 3.37. The van der Waals surface area contributed by atoms with E-state index in [-0.39, 0.29) is 10.8 Å². The molecule has 0 saturated carbocycles. The lowest BCUT2D eigenvalue weighted by atomic mass is 9.81. The molecule has 0 spiro atoms.